The number of hydrogen-bond acceptors (Lipinski definition) is 3. The van der Waals surface area contributed by atoms with Crippen molar-refractivity contribution in [3.63, 3.8) is 0 Å². The summed E-state index contributed by atoms with van der Waals surface area (Å²) in [5, 5.41) is 0. The molecule has 0 saturated heterocycles. The third-order valence-corrected chi connectivity index (χ3v) is 4.06. The number of imidazole rings is 1. The van der Waals surface area contributed by atoms with Crippen molar-refractivity contribution in [1.29, 1.82) is 0 Å². The summed E-state index contributed by atoms with van der Waals surface area (Å²) in [5.41, 5.74) is 8.71. The van der Waals surface area contributed by atoms with Crippen molar-refractivity contribution in [1.82, 2.24) is 9.55 Å². The smallest absolute Gasteiger partial charge is 0.121 e. The minimum absolute atomic E-state index is 0.596. The highest BCUT2D eigenvalue weighted by Crippen LogP contribution is 2.31. The number of aryl methyl sites for hydroxylation is 1. The number of benzene rings is 1. The van der Waals surface area contributed by atoms with Gasteiger partial charge >= 0.3 is 0 Å². The Balaban J connectivity index is 2.47. The molecule has 0 aliphatic heterocycles. The maximum absolute atomic E-state index is 5.60. The average Bonchev–Trinajstić information content (AvgIpc) is 2.67. The molecule has 0 unspecified atom stereocenters. The maximum atomic E-state index is 5.60. The maximum Gasteiger partial charge on any atom is 0.121 e. The second-order valence-electron chi connectivity index (χ2n) is 4.45. The molecule has 19 heavy (non-hydrogen) atoms. The van der Waals surface area contributed by atoms with Gasteiger partial charge in [-0.1, -0.05) is 0 Å². The molecule has 5 heteroatoms. The summed E-state index contributed by atoms with van der Waals surface area (Å²) in [6, 6.07) is 6.07. The molecule has 4 nitrogen and oxygen atoms in total. The first kappa shape index (κ1) is 14.1. The molecule has 0 spiro atoms. The fraction of sp³-hybridized carbons (Fsp3) is 0.357. The number of rotatable bonds is 4. The van der Waals surface area contributed by atoms with Gasteiger partial charge in [-0.2, -0.15) is 0 Å². The molecule has 0 radical (unpaired) electrons. The van der Waals surface area contributed by atoms with Crippen LogP contribution in [-0.2, 0) is 13.5 Å². The van der Waals surface area contributed by atoms with Crippen LogP contribution >= 0.6 is 15.9 Å². The summed E-state index contributed by atoms with van der Waals surface area (Å²) >= 11 is 3.60. The van der Waals surface area contributed by atoms with Crippen LogP contribution in [0, 0.1) is 6.92 Å². The first-order valence-electron chi connectivity index (χ1n) is 6.14. The average molecular weight is 324 g/mol. The minimum atomic E-state index is 0.596. The highest BCUT2D eigenvalue weighted by atomic mass is 79.9. The van der Waals surface area contributed by atoms with Crippen molar-refractivity contribution in [2.24, 2.45) is 12.8 Å². The SMILES string of the molecule is COc1ccc(-c2nc(CCN)n(C)c2Br)cc1C. The fourth-order valence-corrected chi connectivity index (χ4v) is 2.61. The molecule has 0 atom stereocenters. The van der Waals surface area contributed by atoms with Crippen LogP contribution in [0.2, 0.25) is 0 Å². The standard InChI is InChI=1S/C14H18BrN3O/c1-9-8-10(4-5-11(9)19-3)13-14(15)18(2)12(17-13)6-7-16/h4-5,8H,6-7,16H2,1-3H3. The number of aromatic nitrogens is 2. The summed E-state index contributed by atoms with van der Waals surface area (Å²) < 4.78 is 8.28. The predicted octanol–water partition coefficient (Wildman–Crippen LogP) is 2.67. The van der Waals surface area contributed by atoms with Crippen LogP contribution in [0.4, 0.5) is 0 Å². The molecule has 1 aromatic heterocycles. The van der Waals surface area contributed by atoms with Gasteiger partial charge in [0.2, 0.25) is 0 Å². The van der Waals surface area contributed by atoms with Gasteiger partial charge in [0.1, 0.15) is 21.9 Å². The molecule has 2 rings (SSSR count). The summed E-state index contributed by atoms with van der Waals surface area (Å²) in [6.07, 6.45) is 0.768. The van der Waals surface area contributed by atoms with E-state index >= 15 is 0 Å². The van der Waals surface area contributed by atoms with Gasteiger partial charge in [-0.15, -0.1) is 0 Å². The Morgan fingerprint density at radius 1 is 1.42 bits per heavy atom. The van der Waals surface area contributed by atoms with Crippen molar-refractivity contribution in [2.45, 2.75) is 13.3 Å². The van der Waals surface area contributed by atoms with E-state index < -0.39 is 0 Å². The molecule has 2 aromatic rings. The van der Waals surface area contributed by atoms with E-state index in [0.29, 0.717) is 6.54 Å². The molecular weight excluding hydrogens is 306 g/mol. The third-order valence-electron chi connectivity index (χ3n) is 3.15. The summed E-state index contributed by atoms with van der Waals surface area (Å²) in [7, 11) is 3.67. The lowest BCUT2D eigenvalue weighted by Gasteiger charge is -2.06. The van der Waals surface area contributed by atoms with Gasteiger partial charge in [-0.25, -0.2) is 4.98 Å². The van der Waals surface area contributed by atoms with Gasteiger partial charge in [0.15, 0.2) is 0 Å². The summed E-state index contributed by atoms with van der Waals surface area (Å²) in [4.78, 5) is 4.66. The van der Waals surface area contributed by atoms with E-state index in [2.05, 4.69) is 27.0 Å². The molecule has 0 bridgehead atoms. The largest absolute Gasteiger partial charge is 0.496 e. The molecule has 0 aliphatic carbocycles. The first-order valence-corrected chi connectivity index (χ1v) is 6.94. The number of nitrogens with zero attached hydrogens (tertiary/aromatic N) is 2. The van der Waals surface area contributed by atoms with Crippen LogP contribution in [0.3, 0.4) is 0 Å². The van der Waals surface area contributed by atoms with Crippen LogP contribution in [0.5, 0.6) is 5.75 Å². The van der Waals surface area contributed by atoms with Crippen molar-refractivity contribution >= 4 is 15.9 Å². The van der Waals surface area contributed by atoms with E-state index in [1.54, 1.807) is 7.11 Å². The van der Waals surface area contributed by atoms with Crippen LogP contribution in [-0.4, -0.2) is 23.2 Å². The Labute approximate surface area is 121 Å². The zero-order valence-electron chi connectivity index (χ0n) is 11.4. The van der Waals surface area contributed by atoms with E-state index in [1.165, 1.54) is 0 Å². The number of halogens is 1. The highest BCUT2D eigenvalue weighted by molar-refractivity contribution is 9.10. The second-order valence-corrected chi connectivity index (χ2v) is 5.20. The Bertz CT molecular complexity index is 593. The molecule has 2 N–H and O–H groups in total. The van der Waals surface area contributed by atoms with Crippen molar-refractivity contribution in [3.8, 4) is 17.0 Å². The Kier molecular flexibility index (Phi) is 4.27. The van der Waals surface area contributed by atoms with Crippen LogP contribution in [0.25, 0.3) is 11.3 Å². The molecule has 0 aliphatic rings. The molecule has 102 valence electrons. The van der Waals surface area contributed by atoms with Gasteiger partial charge < -0.3 is 15.0 Å². The lowest BCUT2D eigenvalue weighted by atomic mass is 10.1. The quantitative estimate of drug-likeness (QED) is 0.941. The van der Waals surface area contributed by atoms with Crippen molar-refractivity contribution < 1.29 is 4.74 Å². The minimum Gasteiger partial charge on any atom is -0.496 e. The molecule has 0 amide bonds. The zero-order valence-corrected chi connectivity index (χ0v) is 13.0. The molecule has 0 fully saturated rings. The van der Waals surface area contributed by atoms with E-state index in [-0.39, 0.29) is 0 Å². The topological polar surface area (TPSA) is 53.1 Å². The number of methoxy groups -OCH3 is 1. The normalized spacial score (nSPS) is 10.8. The number of nitrogens with two attached hydrogens (primary N) is 1. The lowest BCUT2D eigenvalue weighted by molar-refractivity contribution is 0.412. The Morgan fingerprint density at radius 3 is 2.74 bits per heavy atom. The predicted molar refractivity (Wildman–Crippen MR) is 80.4 cm³/mol. The molecule has 1 aromatic carbocycles. The lowest BCUT2D eigenvalue weighted by Crippen LogP contribution is -2.07. The monoisotopic (exact) mass is 323 g/mol. The van der Waals surface area contributed by atoms with Crippen LogP contribution < -0.4 is 10.5 Å². The van der Waals surface area contributed by atoms with Gasteiger partial charge in [-0.3, -0.25) is 0 Å². The number of hydrogen-bond donors (Lipinski definition) is 1. The molecular formula is C14H18BrN3O. The fourth-order valence-electron chi connectivity index (χ4n) is 2.08. The summed E-state index contributed by atoms with van der Waals surface area (Å²) in [5.74, 6) is 1.87. The Morgan fingerprint density at radius 2 is 2.16 bits per heavy atom. The van der Waals surface area contributed by atoms with Gasteiger partial charge in [0, 0.05) is 19.0 Å². The van der Waals surface area contributed by atoms with Gasteiger partial charge in [-0.05, 0) is 53.2 Å². The van der Waals surface area contributed by atoms with E-state index in [4.69, 9.17) is 10.5 Å². The Hall–Kier alpha value is -1.33. The van der Waals surface area contributed by atoms with Gasteiger partial charge in [0.05, 0.1) is 7.11 Å². The van der Waals surface area contributed by atoms with E-state index in [9.17, 15) is 0 Å². The highest BCUT2D eigenvalue weighted by Gasteiger charge is 2.14. The molecule has 0 saturated carbocycles. The zero-order chi connectivity index (χ0) is 14.0. The second kappa shape index (κ2) is 5.75. The van der Waals surface area contributed by atoms with E-state index in [1.807, 2.05) is 30.7 Å². The van der Waals surface area contributed by atoms with Crippen LogP contribution in [0.1, 0.15) is 11.4 Å². The van der Waals surface area contributed by atoms with Crippen LogP contribution in [0.15, 0.2) is 22.8 Å². The van der Waals surface area contributed by atoms with Gasteiger partial charge in [0.25, 0.3) is 0 Å². The summed E-state index contributed by atoms with van der Waals surface area (Å²) in [6.45, 7) is 2.62. The van der Waals surface area contributed by atoms with Crippen molar-refractivity contribution in [2.75, 3.05) is 13.7 Å². The van der Waals surface area contributed by atoms with Crippen molar-refractivity contribution in [3.05, 3.63) is 34.2 Å². The number of ether oxygens (including phenoxy) is 1. The first-order chi connectivity index (χ1) is 9.08. The van der Waals surface area contributed by atoms with E-state index in [0.717, 1.165) is 39.4 Å². The third kappa shape index (κ3) is 2.67. The molecule has 1 heterocycles.